The molecule has 4 rings (SSSR count). The van der Waals surface area contributed by atoms with Gasteiger partial charge in [-0.3, -0.25) is 0 Å². The highest BCUT2D eigenvalue weighted by Crippen LogP contribution is 2.31. The SMILES string of the molecule is CCOC(=O)[C@H](C)Oc1ccc(-c2nnc(-c3nc4ccccc4nc3C)s2)cc1. The number of carbonyl (C=O) groups excluding carboxylic acids is 1. The summed E-state index contributed by atoms with van der Waals surface area (Å²) in [7, 11) is 0. The van der Waals surface area contributed by atoms with Gasteiger partial charge in [-0.1, -0.05) is 23.5 Å². The van der Waals surface area contributed by atoms with E-state index in [-0.39, 0.29) is 5.97 Å². The van der Waals surface area contributed by atoms with Gasteiger partial charge in [0.2, 0.25) is 0 Å². The monoisotopic (exact) mass is 420 g/mol. The number of para-hydroxylation sites is 2. The molecule has 1 atom stereocenters. The molecule has 0 aliphatic heterocycles. The summed E-state index contributed by atoms with van der Waals surface area (Å²) in [4.78, 5) is 21.0. The fourth-order valence-corrected chi connectivity index (χ4v) is 3.80. The topological polar surface area (TPSA) is 87.1 Å². The standard InChI is InChI=1S/C22H20N4O3S/c1-4-28-22(27)14(3)29-16-11-9-15(10-12-16)20-25-26-21(30-20)19-13(2)23-17-7-5-6-8-18(17)24-19/h5-12,14H,4H2,1-3H3/t14-/m0/s1. The predicted octanol–water partition coefficient (Wildman–Crippen LogP) is 4.45. The maximum atomic E-state index is 11.7. The average molecular weight is 420 g/mol. The third-order valence-corrected chi connectivity index (χ3v) is 5.38. The van der Waals surface area contributed by atoms with E-state index in [9.17, 15) is 4.79 Å². The van der Waals surface area contributed by atoms with Gasteiger partial charge in [-0.25, -0.2) is 14.8 Å². The number of carbonyl (C=O) groups is 1. The molecule has 0 bridgehead atoms. The van der Waals surface area contributed by atoms with E-state index >= 15 is 0 Å². The number of nitrogens with zero attached hydrogens (tertiary/aromatic N) is 4. The molecule has 4 aromatic rings. The number of esters is 1. The van der Waals surface area contributed by atoms with E-state index in [0.29, 0.717) is 12.4 Å². The molecule has 7 nitrogen and oxygen atoms in total. The van der Waals surface area contributed by atoms with Crippen LogP contribution in [0, 0.1) is 6.92 Å². The lowest BCUT2D eigenvalue weighted by Crippen LogP contribution is -2.25. The van der Waals surface area contributed by atoms with Crippen LogP contribution in [0.15, 0.2) is 48.5 Å². The number of benzene rings is 2. The third-order valence-electron chi connectivity index (χ3n) is 4.41. The summed E-state index contributed by atoms with van der Waals surface area (Å²) in [5.74, 6) is 0.197. The van der Waals surface area contributed by atoms with Gasteiger partial charge < -0.3 is 9.47 Å². The molecule has 0 radical (unpaired) electrons. The second kappa shape index (κ2) is 8.54. The number of hydrogen-bond donors (Lipinski definition) is 0. The molecule has 0 N–H and O–H groups in total. The summed E-state index contributed by atoms with van der Waals surface area (Å²) in [5, 5.41) is 10.1. The average Bonchev–Trinajstić information content (AvgIpc) is 3.24. The first kappa shape index (κ1) is 19.9. The smallest absolute Gasteiger partial charge is 0.347 e. The summed E-state index contributed by atoms with van der Waals surface area (Å²) in [6.07, 6.45) is -0.668. The number of aryl methyl sites for hydroxylation is 1. The molecule has 0 amide bonds. The molecule has 0 saturated carbocycles. The zero-order chi connectivity index (χ0) is 21.1. The quantitative estimate of drug-likeness (QED) is 0.426. The second-order valence-corrected chi connectivity index (χ2v) is 7.57. The normalized spacial score (nSPS) is 12.0. The highest BCUT2D eigenvalue weighted by Gasteiger charge is 2.17. The van der Waals surface area contributed by atoms with Crippen molar-refractivity contribution in [1.82, 2.24) is 20.2 Å². The Bertz CT molecular complexity index is 1190. The van der Waals surface area contributed by atoms with Gasteiger partial charge in [0.15, 0.2) is 11.1 Å². The van der Waals surface area contributed by atoms with E-state index in [0.717, 1.165) is 38.0 Å². The summed E-state index contributed by atoms with van der Waals surface area (Å²) in [6.45, 7) is 5.68. The highest BCUT2D eigenvalue weighted by atomic mass is 32.1. The van der Waals surface area contributed by atoms with Crippen molar-refractivity contribution in [1.29, 1.82) is 0 Å². The molecule has 0 aliphatic carbocycles. The van der Waals surface area contributed by atoms with E-state index in [4.69, 9.17) is 14.5 Å². The van der Waals surface area contributed by atoms with Crippen LogP contribution in [0.25, 0.3) is 32.3 Å². The van der Waals surface area contributed by atoms with Crippen molar-refractivity contribution in [3.05, 3.63) is 54.2 Å². The van der Waals surface area contributed by atoms with Crippen molar-refractivity contribution >= 4 is 28.3 Å². The van der Waals surface area contributed by atoms with Gasteiger partial charge in [0.05, 0.1) is 23.3 Å². The fraction of sp³-hybridized carbons (Fsp3) is 0.227. The van der Waals surface area contributed by atoms with Crippen LogP contribution >= 0.6 is 11.3 Å². The molecule has 2 aromatic heterocycles. The van der Waals surface area contributed by atoms with Gasteiger partial charge in [-0.15, -0.1) is 10.2 Å². The molecule has 152 valence electrons. The van der Waals surface area contributed by atoms with Crippen LogP contribution in [-0.4, -0.2) is 38.8 Å². The van der Waals surface area contributed by atoms with E-state index < -0.39 is 6.10 Å². The van der Waals surface area contributed by atoms with Crippen LogP contribution in [0.5, 0.6) is 5.75 Å². The van der Waals surface area contributed by atoms with Gasteiger partial charge in [0.25, 0.3) is 0 Å². The first-order chi connectivity index (χ1) is 14.5. The van der Waals surface area contributed by atoms with Crippen LogP contribution in [0.2, 0.25) is 0 Å². The molecule has 0 spiro atoms. The fourth-order valence-electron chi connectivity index (χ4n) is 2.91. The minimum absolute atomic E-state index is 0.325. The predicted molar refractivity (Wildman–Crippen MR) is 115 cm³/mol. The number of fused-ring (bicyclic) bond motifs is 1. The lowest BCUT2D eigenvalue weighted by atomic mass is 10.2. The first-order valence-corrected chi connectivity index (χ1v) is 10.4. The summed E-state index contributed by atoms with van der Waals surface area (Å²) < 4.78 is 10.6. The second-order valence-electron chi connectivity index (χ2n) is 6.60. The number of hydrogen-bond acceptors (Lipinski definition) is 8. The lowest BCUT2D eigenvalue weighted by Gasteiger charge is -2.13. The van der Waals surface area contributed by atoms with Gasteiger partial charge in [0, 0.05) is 5.56 Å². The first-order valence-electron chi connectivity index (χ1n) is 9.56. The summed E-state index contributed by atoms with van der Waals surface area (Å²) in [6, 6.07) is 15.1. The van der Waals surface area contributed by atoms with Gasteiger partial charge in [0.1, 0.15) is 16.5 Å². The molecular formula is C22H20N4O3S. The van der Waals surface area contributed by atoms with Crippen molar-refractivity contribution in [2.24, 2.45) is 0 Å². The Labute approximate surface area is 177 Å². The Morgan fingerprint density at radius 2 is 1.67 bits per heavy atom. The van der Waals surface area contributed by atoms with E-state index in [1.807, 2.05) is 43.3 Å². The van der Waals surface area contributed by atoms with Crippen molar-refractivity contribution in [2.45, 2.75) is 26.9 Å². The van der Waals surface area contributed by atoms with E-state index in [2.05, 4.69) is 15.2 Å². The molecule has 0 unspecified atom stereocenters. The Balaban J connectivity index is 1.54. The third kappa shape index (κ3) is 4.13. The van der Waals surface area contributed by atoms with Crippen LogP contribution in [-0.2, 0) is 9.53 Å². The number of aromatic nitrogens is 4. The van der Waals surface area contributed by atoms with Crippen molar-refractivity contribution in [3.8, 4) is 27.0 Å². The summed E-state index contributed by atoms with van der Waals surface area (Å²) in [5.41, 5.74) is 4.14. The molecule has 30 heavy (non-hydrogen) atoms. The van der Waals surface area contributed by atoms with Crippen LogP contribution in [0.3, 0.4) is 0 Å². The number of rotatable bonds is 6. The highest BCUT2D eigenvalue weighted by molar-refractivity contribution is 7.17. The Morgan fingerprint density at radius 1 is 1.00 bits per heavy atom. The lowest BCUT2D eigenvalue weighted by molar-refractivity contribution is -0.150. The van der Waals surface area contributed by atoms with Crippen LogP contribution in [0.1, 0.15) is 19.5 Å². The zero-order valence-electron chi connectivity index (χ0n) is 16.8. The molecule has 0 fully saturated rings. The Hall–Kier alpha value is -3.39. The molecule has 8 heteroatoms. The van der Waals surface area contributed by atoms with Crippen LogP contribution < -0.4 is 4.74 Å². The molecular weight excluding hydrogens is 400 g/mol. The van der Waals surface area contributed by atoms with Gasteiger partial charge >= 0.3 is 5.97 Å². The molecule has 2 aromatic carbocycles. The minimum Gasteiger partial charge on any atom is -0.479 e. The molecule has 0 aliphatic rings. The van der Waals surface area contributed by atoms with E-state index in [1.165, 1.54) is 11.3 Å². The van der Waals surface area contributed by atoms with Gasteiger partial charge in [-0.2, -0.15) is 0 Å². The van der Waals surface area contributed by atoms with Gasteiger partial charge in [-0.05, 0) is 57.2 Å². The maximum Gasteiger partial charge on any atom is 0.347 e. The largest absolute Gasteiger partial charge is 0.479 e. The van der Waals surface area contributed by atoms with E-state index in [1.54, 1.807) is 26.0 Å². The van der Waals surface area contributed by atoms with Crippen LogP contribution in [0.4, 0.5) is 0 Å². The Morgan fingerprint density at radius 3 is 2.37 bits per heavy atom. The number of ether oxygens (including phenoxy) is 2. The molecule has 2 heterocycles. The maximum absolute atomic E-state index is 11.7. The molecule has 0 saturated heterocycles. The zero-order valence-corrected chi connectivity index (χ0v) is 17.6. The minimum atomic E-state index is -0.668. The Kier molecular flexibility index (Phi) is 5.67. The van der Waals surface area contributed by atoms with Crippen molar-refractivity contribution in [2.75, 3.05) is 6.61 Å². The van der Waals surface area contributed by atoms with Crippen molar-refractivity contribution < 1.29 is 14.3 Å². The van der Waals surface area contributed by atoms with Crippen molar-refractivity contribution in [3.63, 3.8) is 0 Å². The summed E-state index contributed by atoms with van der Waals surface area (Å²) >= 11 is 1.45.